The molecule has 0 aromatic rings. The minimum atomic E-state index is -0.675. The standard InChI is InChI=1S/C17H30N2O2/c1-11(2)14(12(3)4)10-19-9-8-15(20)18-17(5,16(19)21)13-6-7-13/h11-14H,6-10H2,1-5H3,(H,18,20). The van der Waals surface area contributed by atoms with Gasteiger partial charge >= 0.3 is 0 Å². The van der Waals surface area contributed by atoms with E-state index in [1.165, 1.54) is 0 Å². The highest BCUT2D eigenvalue weighted by atomic mass is 16.2. The zero-order valence-corrected chi connectivity index (χ0v) is 14.1. The number of rotatable bonds is 5. The molecule has 0 aromatic heterocycles. The fraction of sp³-hybridized carbons (Fsp3) is 0.882. The van der Waals surface area contributed by atoms with Crippen molar-refractivity contribution in [3.05, 3.63) is 0 Å². The van der Waals surface area contributed by atoms with Crippen molar-refractivity contribution >= 4 is 11.8 Å². The van der Waals surface area contributed by atoms with Crippen LogP contribution in [0.5, 0.6) is 0 Å². The molecule has 1 heterocycles. The molecule has 1 N–H and O–H groups in total. The molecule has 0 aromatic carbocycles. The van der Waals surface area contributed by atoms with Crippen molar-refractivity contribution < 1.29 is 9.59 Å². The largest absolute Gasteiger partial charge is 0.342 e. The molecule has 1 unspecified atom stereocenters. The van der Waals surface area contributed by atoms with Crippen molar-refractivity contribution in [3.8, 4) is 0 Å². The Morgan fingerprint density at radius 1 is 1.19 bits per heavy atom. The number of hydrogen-bond donors (Lipinski definition) is 1. The first-order valence-electron chi connectivity index (χ1n) is 8.36. The smallest absolute Gasteiger partial charge is 0.248 e. The Balaban J connectivity index is 2.17. The molecule has 1 aliphatic carbocycles. The number of nitrogens with zero attached hydrogens (tertiary/aromatic N) is 1. The molecule has 2 aliphatic rings. The molecule has 4 heteroatoms. The van der Waals surface area contributed by atoms with Gasteiger partial charge in [-0.25, -0.2) is 0 Å². The van der Waals surface area contributed by atoms with Gasteiger partial charge in [0, 0.05) is 19.5 Å². The second-order valence-electron chi connectivity index (χ2n) is 7.68. The van der Waals surface area contributed by atoms with Crippen molar-refractivity contribution in [3.63, 3.8) is 0 Å². The summed E-state index contributed by atoms with van der Waals surface area (Å²) < 4.78 is 0. The van der Waals surface area contributed by atoms with Gasteiger partial charge in [0.15, 0.2) is 0 Å². The van der Waals surface area contributed by atoms with E-state index in [1.807, 2.05) is 11.8 Å². The van der Waals surface area contributed by atoms with Gasteiger partial charge in [-0.05, 0) is 43.4 Å². The van der Waals surface area contributed by atoms with Crippen molar-refractivity contribution in [2.75, 3.05) is 13.1 Å². The van der Waals surface area contributed by atoms with Gasteiger partial charge in [0.1, 0.15) is 5.54 Å². The van der Waals surface area contributed by atoms with Crippen LogP contribution in [0.1, 0.15) is 53.9 Å². The minimum absolute atomic E-state index is 0.0193. The maximum Gasteiger partial charge on any atom is 0.248 e. The molecule has 0 radical (unpaired) electrons. The second-order valence-corrected chi connectivity index (χ2v) is 7.68. The monoisotopic (exact) mass is 294 g/mol. The first-order chi connectivity index (χ1) is 9.75. The molecule has 4 nitrogen and oxygen atoms in total. The van der Waals surface area contributed by atoms with E-state index in [1.54, 1.807) is 0 Å². The Morgan fingerprint density at radius 3 is 2.24 bits per heavy atom. The van der Waals surface area contributed by atoms with Crippen LogP contribution in [-0.2, 0) is 9.59 Å². The van der Waals surface area contributed by atoms with E-state index in [4.69, 9.17) is 0 Å². The molecular weight excluding hydrogens is 264 g/mol. The molecule has 2 amide bonds. The van der Waals surface area contributed by atoms with Crippen LogP contribution in [0, 0.1) is 23.7 Å². The van der Waals surface area contributed by atoms with Crippen molar-refractivity contribution in [2.45, 2.75) is 59.4 Å². The first-order valence-corrected chi connectivity index (χ1v) is 8.36. The predicted octanol–water partition coefficient (Wildman–Crippen LogP) is 2.43. The van der Waals surface area contributed by atoms with Crippen molar-refractivity contribution in [1.82, 2.24) is 10.2 Å². The summed E-state index contributed by atoms with van der Waals surface area (Å²) >= 11 is 0. The Labute approximate surface area is 128 Å². The summed E-state index contributed by atoms with van der Waals surface area (Å²) in [5.74, 6) is 2.03. The van der Waals surface area contributed by atoms with E-state index >= 15 is 0 Å². The number of carbonyl (C=O) groups excluding carboxylic acids is 2. The lowest BCUT2D eigenvalue weighted by Crippen LogP contribution is -2.57. The van der Waals surface area contributed by atoms with Crippen LogP contribution >= 0.6 is 0 Å². The summed E-state index contributed by atoms with van der Waals surface area (Å²) in [6, 6.07) is 0. The summed E-state index contributed by atoms with van der Waals surface area (Å²) in [5.41, 5.74) is -0.675. The lowest BCUT2D eigenvalue weighted by atomic mass is 9.84. The van der Waals surface area contributed by atoms with E-state index in [2.05, 4.69) is 33.0 Å². The van der Waals surface area contributed by atoms with E-state index in [-0.39, 0.29) is 11.8 Å². The summed E-state index contributed by atoms with van der Waals surface area (Å²) in [7, 11) is 0. The van der Waals surface area contributed by atoms with Gasteiger partial charge in [0.05, 0.1) is 0 Å². The molecule has 1 saturated heterocycles. The summed E-state index contributed by atoms with van der Waals surface area (Å²) in [6.45, 7) is 12.1. The van der Waals surface area contributed by atoms with Crippen LogP contribution in [0.25, 0.3) is 0 Å². The van der Waals surface area contributed by atoms with Crippen LogP contribution in [0.3, 0.4) is 0 Å². The molecule has 1 aliphatic heterocycles. The maximum absolute atomic E-state index is 13.0. The number of nitrogens with one attached hydrogen (secondary N) is 1. The van der Waals surface area contributed by atoms with E-state index < -0.39 is 5.54 Å². The highest BCUT2D eigenvalue weighted by Gasteiger charge is 2.51. The predicted molar refractivity (Wildman–Crippen MR) is 83.6 cm³/mol. The summed E-state index contributed by atoms with van der Waals surface area (Å²) in [6.07, 6.45) is 2.53. The lowest BCUT2D eigenvalue weighted by molar-refractivity contribution is -0.140. The molecule has 1 atom stereocenters. The van der Waals surface area contributed by atoms with E-state index in [0.717, 1.165) is 19.4 Å². The van der Waals surface area contributed by atoms with Crippen molar-refractivity contribution in [2.24, 2.45) is 23.7 Å². The van der Waals surface area contributed by atoms with Gasteiger partial charge in [-0.2, -0.15) is 0 Å². The van der Waals surface area contributed by atoms with Gasteiger partial charge in [0.2, 0.25) is 11.8 Å². The topological polar surface area (TPSA) is 49.4 Å². The fourth-order valence-electron chi connectivity index (χ4n) is 3.63. The average Bonchev–Trinajstić information content (AvgIpc) is 3.20. The molecular formula is C17H30N2O2. The fourth-order valence-corrected chi connectivity index (χ4v) is 3.63. The lowest BCUT2D eigenvalue weighted by Gasteiger charge is -2.36. The zero-order chi connectivity index (χ0) is 15.8. The van der Waals surface area contributed by atoms with Crippen LogP contribution in [-0.4, -0.2) is 35.3 Å². The Morgan fingerprint density at radius 2 is 1.76 bits per heavy atom. The number of amides is 2. The third kappa shape index (κ3) is 3.41. The summed E-state index contributed by atoms with van der Waals surface area (Å²) in [5, 5.41) is 3.00. The third-order valence-electron chi connectivity index (χ3n) is 5.28. The third-order valence-corrected chi connectivity index (χ3v) is 5.28. The van der Waals surface area contributed by atoms with Crippen LogP contribution in [0.4, 0.5) is 0 Å². The molecule has 0 spiro atoms. The molecule has 21 heavy (non-hydrogen) atoms. The SMILES string of the molecule is CC(C)C(CN1CCC(=O)NC(C)(C2CC2)C1=O)C(C)C. The van der Waals surface area contributed by atoms with Gasteiger partial charge in [-0.3, -0.25) is 9.59 Å². The quantitative estimate of drug-likeness (QED) is 0.846. The second kappa shape index (κ2) is 5.98. The van der Waals surface area contributed by atoms with Gasteiger partial charge in [0.25, 0.3) is 0 Å². The highest BCUT2D eigenvalue weighted by Crippen LogP contribution is 2.41. The van der Waals surface area contributed by atoms with Crippen molar-refractivity contribution in [1.29, 1.82) is 0 Å². The van der Waals surface area contributed by atoms with Gasteiger partial charge in [-0.15, -0.1) is 0 Å². The van der Waals surface area contributed by atoms with E-state index in [9.17, 15) is 9.59 Å². The molecule has 1 saturated carbocycles. The average molecular weight is 294 g/mol. The first kappa shape index (κ1) is 16.3. The molecule has 0 bridgehead atoms. The number of carbonyl (C=O) groups is 2. The Hall–Kier alpha value is -1.06. The Kier molecular flexibility index (Phi) is 4.64. The summed E-state index contributed by atoms with van der Waals surface area (Å²) in [4.78, 5) is 26.9. The Bertz CT molecular complexity index is 407. The zero-order valence-electron chi connectivity index (χ0n) is 14.1. The highest BCUT2D eigenvalue weighted by molar-refractivity contribution is 5.93. The minimum Gasteiger partial charge on any atom is -0.342 e. The molecule has 120 valence electrons. The maximum atomic E-state index is 13.0. The molecule has 2 rings (SSSR count). The number of hydrogen-bond acceptors (Lipinski definition) is 2. The van der Waals surface area contributed by atoms with Gasteiger partial charge in [-0.1, -0.05) is 27.7 Å². The van der Waals surface area contributed by atoms with Crippen LogP contribution in [0.15, 0.2) is 0 Å². The van der Waals surface area contributed by atoms with Crippen LogP contribution < -0.4 is 5.32 Å². The van der Waals surface area contributed by atoms with Crippen LogP contribution in [0.2, 0.25) is 0 Å². The molecule has 2 fully saturated rings. The van der Waals surface area contributed by atoms with E-state index in [0.29, 0.717) is 36.6 Å². The normalized spacial score (nSPS) is 27.5. The van der Waals surface area contributed by atoms with Gasteiger partial charge < -0.3 is 10.2 Å².